The van der Waals surface area contributed by atoms with Crippen LogP contribution in [0.2, 0.25) is 0 Å². The van der Waals surface area contributed by atoms with Gasteiger partial charge in [0.15, 0.2) is 0 Å². The summed E-state index contributed by atoms with van der Waals surface area (Å²) in [5, 5.41) is 7.38. The number of hydrogen-bond acceptors (Lipinski definition) is 6. The lowest BCUT2D eigenvalue weighted by Gasteiger charge is -2.31. The molecule has 0 aliphatic carbocycles. The van der Waals surface area contributed by atoms with Crippen LogP contribution >= 0.6 is 0 Å². The van der Waals surface area contributed by atoms with Crippen LogP contribution in [0.1, 0.15) is 29.0 Å². The van der Waals surface area contributed by atoms with Crippen LogP contribution in [0.25, 0.3) is 0 Å². The van der Waals surface area contributed by atoms with Gasteiger partial charge in [-0.3, -0.25) is 20.0 Å². The Kier molecular flexibility index (Phi) is 6.13. The summed E-state index contributed by atoms with van der Waals surface area (Å²) < 4.78 is 48.0. The van der Waals surface area contributed by atoms with Crippen LogP contribution < -0.4 is 14.8 Å². The number of piperidine rings is 1. The molecule has 0 radical (unpaired) electrons. The fraction of sp³-hybridized carbons (Fsp3) is 0.444. The summed E-state index contributed by atoms with van der Waals surface area (Å²) in [6.45, 7) is 0.635. The zero-order valence-electron chi connectivity index (χ0n) is 16.2. The summed E-state index contributed by atoms with van der Waals surface area (Å²) in [5.74, 6) is -1.94. The molecular weight excluding hydrogens is 407 g/mol. The highest BCUT2D eigenvalue weighted by Crippen LogP contribution is 2.27. The van der Waals surface area contributed by atoms with E-state index in [0.717, 1.165) is 0 Å². The molecule has 0 unspecified atom stereocenters. The Balaban J connectivity index is 1.58. The molecule has 1 aromatic heterocycles. The Morgan fingerprint density at radius 1 is 1.13 bits per heavy atom. The molecule has 1 saturated heterocycles. The molecule has 1 aliphatic heterocycles. The molecule has 1 aromatic carbocycles. The van der Waals surface area contributed by atoms with Crippen molar-refractivity contribution in [3.8, 4) is 11.5 Å². The molecule has 12 heteroatoms. The van der Waals surface area contributed by atoms with Crippen LogP contribution in [0, 0.1) is 5.92 Å². The predicted octanol–water partition coefficient (Wildman–Crippen LogP) is 2.33. The van der Waals surface area contributed by atoms with Gasteiger partial charge in [0.2, 0.25) is 17.7 Å². The summed E-state index contributed by atoms with van der Waals surface area (Å²) in [6, 6.07) is 4.86. The second-order valence-corrected chi connectivity index (χ2v) is 6.66. The number of aromatic amines is 1. The molecule has 0 saturated carbocycles. The van der Waals surface area contributed by atoms with Crippen molar-refractivity contribution in [2.24, 2.45) is 5.92 Å². The summed E-state index contributed by atoms with van der Waals surface area (Å²) in [7, 11) is 2.97. The number of carbonyl (C=O) groups excluding carboxylic acids is 2. The van der Waals surface area contributed by atoms with Crippen molar-refractivity contribution in [3.63, 3.8) is 0 Å². The number of aromatic nitrogens is 3. The third kappa shape index (κ3) is 4.81. The minimum atomic E-state index is -4.68. The number of amides is 2. The van der Waals surface area contributed by atoms with Gasteiger partial charge in [-0.05, 0) is 25.0 Å². The van der Waals surface area contributed by atoms with E-state index in [1.807, 2.05) is 0 Å². The smallest absolute Gasteiger partial charge is 0.451 e. The van der Waals surface area contributed by atoms with E-state index in [4.69, 9.17) is 9.47 Å². The van der Waals surface area contributed by atoms with Gasteiger partial charge in [0.25, 0.3) is 5.91 Å². The van der Waals surface area contributed by atoms with E-state index in [0.29, 0.717) is 43.0 Å². The summed E-state index contributed by atoms with van der Waals surface area (Å²) >= 11 is 0. The molecule has 1 aliphatic rings. The number of hydrogen-bond donors (Lipinski definition) is 2. The Labute approximate surface area is 169 Å². The topological polar surface area (TPSA) is 109 Å². The highest BCUT2D eigenvalue weighted by atomic mass is 19.4. The number of nitrogens with zero attached hydrogens (tertiary/aromatic N) is 3. The molecular formula is C18H20F3N5O4. The average molecular weight is 427 g/mol. The maximum absolute atomic E-state index is 12.8. The van der Waals surface area contributed by atoms with E-state index in [1.165, 1.54) is 14.2 Å². The molecule has 2 heterocycles. The Morgan fingerprint density at radius 2 is 1.73 bits per heavy atom. The van der Waals surface area contributed by atoms with Gasteiger partial charge in [-0.25, -0.2) is 0 Å². The molecule has 0 spiro atoms. The van der Waals surface area contributed by atoms with Gasteiger partial charge in [-0.1, -0.05) is 0 Å². The first-order valence-corrected chi connectivity index (χ1v) is 9.04. The number of benzene rings is 1. The van der Waals surface area contributed by atoms with Crippen molar-refractivity contribution in [1.82, 2.24) is 20.1 Å². The lowest BCUT2D eigenvalue weighted by atomic mass is 9.95. The van der Waals surface area contributed by atoms with Crippen molar-refractivity contribution in [1.29, 1.82) is 0 Å². The van der Waals surface area contributed by atoms with Gasteiger partial charge < -0.3 is 14.4 Å². The average Bonchev–Trinajstić information content (AvgIpc) is 3.22. The van der Waals surface area contributed by atoms with E-state index in [2.05, 4.69) is 15.4 Å². The predicted molar refractivity (Wildman–Crippen MR) is 98.2 cm³/mol. The normalized spacial score (nSPS) is 15.0. The number of likely N-dealkylation sites (tertiary alicyclic amines) is 1. The minimum Gasteiger partial charge on any atom is -0.497 e. The third-order valence-electron chi connectivity index (χ3n) is 4.74. The van der Waals surface area contributed by atoms with E-state index in [-0.39, 0.29) is 5.91 Å². The number of halogens is 3. The number of anilines is 1. The van der Waals surface area contributed by atoms with E-state index >= 15 is 0 Å². The fourth-order valence-corrected chi connectivity index (χ4v) is 3.11. The lowest BCUT2D eigenvalue weighted by Crippen LogP contribution is -2.41. The van der Waals surface area contributed by atoms with Crippen molar-refractivity contribution in [3.05, 3.63) is 29.6 Å². The maximum atomic E-state index is 12.8. The number of alkyl halides is 3. The standard InChI is InChI=1S/C18H20F3N5O4/c1-29-12-7-11(8-13(9-12)30-2)15(28)26-5-3-10(4-6-26)14(27)22-17-23-16(24-25-17)18(19,20)21/h7-10H,3-6H2,1-2H3,(H2,22,23,24,25,27). The quantitative estimate of drug-likeness (QED) is 0.758. The van der Waals surface area contributed by atoms with Crippen LogP contribution in [0.5, 0.6) is 11.5 Å². The Morgan fingerprint density at radius 3 is 2.23 bits per heavy atom. The van der Waals surface area contributed by atoms with Gasteiger partial charge in [-0.2, -0.15) is 18.2 Å². The summed E-state index contributed by atoms with van der Waals surface area (Å²) in [4.78, 5) is 29.9. The molecule has 2 N–H and O–H groups in total. The van der Waals surface area contributed by atoms with Crippen LogP contribution in [-0.2, 0) is 11.0 Å². The highest BCUT2D eigenvalue weighted by Gasteiger charge is 2.36. The SMILES string of the molecule is COc1cc(OC)cc(C(=O)N2CCC(C(=O)Nc3n[nH]c(C(F)(F)F)n3)CC2)c1. The van der Waals surface area contributed by atoms with Crippen LogP contribution in [0.4, 0.5) is 19.1 Å². The lowest BCUT2D eigenvalue weighted by molar-refractivity contribution is -0.144. The van der Waals surface area contributed by atoms with Gasteiger partial charge >= 0.3 is 6.18 Å². The molecule has 3 rings (SSSR count). The van der Waals surface area contributed by atoms with E-state index in [9.17, 15) is 22.8 Å². The molecule has 9 nitrogen and oxygen atoms in total. The molecule has 2 aromatic rings. The number of carbonyl (C=O) groups is 2. The van der Waals surface area contributed by atoms with Crippen LogP contribution in [-0.4, -0.2) is 59.2 Å². The van der Waals surface area contributed by atoms with Gasteiger partial charge in [-0.15, -0.1) is 5.10 Å². The summed E-state index contributed by atoms with van der Waals surface area (Å²) in [6.07, 6.45) is -3.96. The number of H-pyrrole nitrogens is 1. The van der Waals surface area contributed by atoms with E-state index < -0.39 is 29.8 Å². The first-order valence-electron chi connectivity index (χ1n) is 9.04. The molecule has 162 valence electrons. The molecule has 2 amide bonds. The first-order chi connectivity index (χ1) is 14.2. The largest absolute Gasteiger partial charge is 0.497 e. The monoisotopic (exact) mass is 427 g/mol. The molecule has 30 heavy (non-hydrogen) atoms. The second-order valence-electron chi connectivity index (χ2n) is 6.66. The van der Waals surface area contributed by atoms with Crippen LogP contribution in [0.3, 0.4) is 0 Å². The van der Waals surface area contributed by atoms with Crippen molar-refractivity contribution >= 4 is 17.8 Å². The number of rotatable bonds is 5. The van der Waals surface area contributed by atoms with Crippen LogP contribution in [0.15, 0.2) is 18.2 Å². The van der Waals surface area contributed by atoms with Gasteiger partial charge in [0, 0.05) is 30.6 Å². The third-order valence-corrected chi connectivity index (χ3v) is 4.74. The summed E-state index contributed by atoms with van der Waals surface area (Å²) in [5.41, 5.74) is 0.398. The fourth-order valence-electron chi connectivity index (χ4n) is 3.11. The van der Waals surface area contributed by atoms with E-state index in [1.54, 1.807) is 28.2 Å². The highest BCUT2D eigenvalue weighted by molar-refractivity contribution is 5.95. The molecule has 0 atom stereocenters. The Bertz CT molecular complexity index is 901. The first kappa shape index (κ1) is 21.4. The minimum absolute atomic E-state index is 0.227. The number of methoxy groups -OCH3 is 2. The Hall–Kier alpha value is -3.31. The number of nitrogens with one attached hydrogen (secondary N) is 2. The van der Waals surface area contributed by atoms with Gasteiger partial charge in [0.1, 0.15) is 11.5 Å². The second kappa shape index (κ2) is 8.59. The van der Waals surface area contributed by atoms with Gasteiger partial charge in [0.05, 0.1) is 14.2 Å². The zero-order valence-corrected chi connectivity index (χ0v) is 16.2. The van der Waals surface area contributed by atoms with Crippen molar-refractivity contribution in [2.75, 3.05) is 32.6 Å². The maximum Gasteiger partial charge on any atom is 0.451 e. The van der Waals surface area contributed by atoms with Crippen molar-refractivity contribution in [2.45, 2.75) is 19.0 Å². The molecule has 1 fully saturated rings. The number of ether oxygens (including phenoxy) is 2. The zero-order chi connectivity index (χ0) is 21.9. The van der Waals surface area contributed by atoms with Crippen molar-refractivity contribution < 1.29 is 32.2 Å². The molecule has 0 bridgehead atoms.